The summed E-state index contributed by atoms with van der Waals surface area (Å²) in [6.45, 7) is 13.5. The molecule has 0 aromatic carbocycles. The van der Waals surface area contributed by atoms with Crippen molar-refractivity contribution in [1.29, 1.82) is 0 Å². The highest BCUT2D eigenvalue weighted by molar-refractivity contribution is 6.83. The number of aliphatic hydroxyl groups is 1. The van der Waals surface area contributed by atoms with Gasteiger partial charge >= 0.3 is 0 Å². The van der Waals surface area contributed by atoms with Gasteiger partial charge in [0, 0.05) is 0 Å². The zero-order chi connectivity index (χ0) is 9.78. The minimum absolute atomic E-state index is 0.570. The minimum atomic E-state index is -1.38. The summed E-state index contributed by atoms with van der Waals surface area (Å²) in [5, 5.41) is 9.36. The Kier molecular flexibility index (Phi) is 4.01. The van der Waals surface area contributed by atoms with Crippen LogP contribution < -0.4 is 0 Å². The van der Waals surface area contributed by atoms with Gasteiger partial charge in [0.05, 0.1) is 0 Å². The van der Waals surface area contributed by atoms with Crippen LogP contribution in [0.5, 0.6) is 0 Å². The molecule has 2 heteroatoms. The van der Waals surface area contributed by atoms with E-state index < -0.39 is 14.2 Å². The molecule has 0 heterocycles. The van der Waals surface area contributed by atoms with E-state index in [1.54, 1.807) is 0 Å². The first kappa shape index (κ1) is 11.2. The SMILES string of the molecule is C=CC(=C)[C@H](O)C#C[Si](C)(C)C. The van der Waals surface area contributed by atoms with Crippen LogP contribution in [0.15, 0.2) is 24.8 Å². The Hall–Kier alpha value is -0.783. The minimum Gasteiger partial charge on any atom is -0.376 e. The summed E-state index contributed by atoms with van der Waals surface area (Å²) in [5.74, 6) is 2.77. The third-order valence-electron chi connectivity index (χ3n) is 1.20. The van der Waals surface area contributed by atoms with E-state index in [1.807, 2.05) is 0 Å². The zero-order valence-electron chi connectivity index (χ0n) is 8.02. The fourth-order valence-corrected chi connectivity index (χ4v) is 1.06. The summed E-state index contributed by atoms with van der Waals surface area (Å²) in [6.07, 6.45) is 0.790. The standard InChI is InChI=1S/C10H16OSi/c1-6-9(2)10(11)7-8-12(3,4)5/h6,10-11H,1-2H2,3-5H3/t10-/m1/s1. The van der Waals surface area contributed by atoms with Gasteiger partial charge in [0.15, 0.2) is 0 Å². The van der Waals surface area contributed by atoms with Crippen molar-refractivity contribution in [3.63, 3.8) is 0 Å². The van der Waals surface area contributed by atoms with Crippen molar-refractivity contribution < 1.29 is 5.11 Å². The molecule has 1 atom stereocenters. The Labute approximate surface area is 75.8 Å². The van der Waals surface area contributed by atoms with E-state index in [1.165, 1.54) is 6.08 Å². The van der Waals surface area contributed by atoms with Gasteiger partial charge in [0.1, 0.15) is 14.2 Å². The van der Waals surface area contributed by atoms with E-state index >= 15 is 0 Å². The lowest BCUT2D eigenvalue weighted by atomic mass is 10.2. The molecular formula is C10H16OSi. The van der Waals surface area contributed by atoms with Crippen molar-refractivity contribution in [2.45, 2.75) is 25.7 Å². The average molecular weight is 180 g/mol. The molecule has 12 heavy (non-hydrogen) atoms. The third-order valence-corrected chi connectivity index (χ3v) is 2.09. The average Bonchev–Trinajstić information content (AvgIpc) is 1.97. The van der Waals surface area contributed by atoms with Crippen LogP contribution in [-0.2, 0) is 0 Å². The van der Waals surface area contributed by atoms with Gasteiger partial charge in [0.2, 0.25) is 0 Å². The summed E-state index contributed by atoms with van der Waals surface area (Å²) < 4.78 is 0. The molecule has 0 saturated carbocycles. The van der Waals surface area contributed by atoms with Crippen molar-refractivity contribution in [3.8, 4) is 11.5 Å². The lowest BCUT2D eigenvalue weighted by molar-refractivity contribution is 0.273. The van der Waals surface area contributed by atoms with E-state index in [0.29, 0.717) is 5.57 Å². The van der Waals surface area contributed by atoms with Crippen LogP contribution in [0.4, 0.5) is 0 Å². The van der Waals surface area contributed by atoms with E-state index in [-0.39, 0.29) is 0 Å². The smallest absolute Gasteiger partial charge is 0.139 e. The molecule has 1 nitrogen and oxygen atoms in total. The Bertz CT molecular complexity index is 237. The molecule has 0 aromatic heterocycles. The van der Waals surface area contributed by atoms with Crippen LogP contribution in [-0.4, -0.2) is 19.3 Å². The highest BCUT2D eigenvalue weighted by atomic mass is 28.3. The highest BCUT2D eigenvalue weighted by Gasteiger charge is 2.08. The number of hydrogen-bond donors (Lipinski definition) is 1. The van der Waals surface area contributed by atoms with Gasteiger partial charge in [0.25, 0.3) is 0 Å². The Morgan fingerprint density at radius 1 is 1.50 bits per heavy atom. The number of rotatable bonds is 2. The maximum absolute atomic E-state index is 9.36. The molecule has 0 saturated heterocycles. The van der Waals surface area contributed by atoms with Gasteiger partial charge in [-0.05, 0) is 5.57 Å². The van der Waals surface area contributed by atoms with E-state index in [0.717, 1.165) is 0 Å². The van der Waals surface area contributed by atoms with Crippen LogP contribution in [0.3, 0.4) is 0 Å². The largest absolute Gasteiger partial charge is 0.376 e. The lowest BCUT2D eigenvalue weighted by Crippen LogP contribution is -2.18. The van der Waals surface area contributed by atoms with E-state index in [9.17, 15) is 5.11 Å². The van der Waals surface area contributed by atoms with Crippen molar-refractivity contribution >= 4 is 8.07 Å². The van der Waals surface area contributed by atoms with Crippen LogP contribution in [0.2, 0.25) is 19.6 Å². The molecule has 0 bridgehead atoms. The molecule has 0 radical (unpaired) electrons. The van der Waals surface area contributed by atoms with Gasteiger partial charge in [-0.2, -0.15) is 0 Å². The van der Waals surface area contributed by atoms with Crippen LogP contribution in [0, 0.1) is 11.5 Å². The lowest BCUT2D eigenvalue weighted by Gasteiger charge is -2.06. The molecule has 0 unspecified atom stereocenters. The second-order valence-electron chi connectivity index (χ2n) is 3.70. The predicted octanol–water partition coefficient (Wildman–Crippen LogP) is 1.97. The summed E-state index contributed by atoms with van der Waals surface area (Å²) in [5.41, 5.74) is 3.64. The molecule has 0 aliphatic heterocycles. The molecule has 0 aliphatic carbocycles. The summed E-state index contributed by atoms with van der Waals surface area (Å²) in [4.78, 5) is 0. The Morgan fingerprint density at radius 3 is 2.33 bits per heavy atom. The molecule has 0 aliphatic rings. The molecule has 0 fully saturated rings. The maximum Gasteiger partial charge on any atom is 0.139 e. The van der Waals surface area contributed by atoms with Crippen molar-refractivity contribution in [2.75, 3.05) is 0 Å². The molecule has 0 spiro atoms. The topological polar surface area (TPSA) is 20.2 Å². The monoisotopic (exact) mass is 180 g/mol. The molecule has 1 N–H and O–H groups in total. The van der Waals surface area contributed by atoms with Crippen LogP contribution in [0.1, 0.15) is 0 Å². The van der Waals surface area contributed by atoms with E-state index in [4.69, 9.17) is 0 Å². The van der Waals surface area contributed by atoms with Crippen LogP contribution >= 0.6 is 0 Å². The summed E-state index contributed by atoms with van der Waals surface area (Å²) >= 11 is 0. The van der Waals surface area contributed by atoms with Crippen molar-refractivity contribution in [3.05, 3.63) is 24.8 Å². The normalized spacial score (nSPS) is 12.7. The first-order valence-electron chi connectivity index (χ1n) is 3.89. The molecule has 0 rings (SSSR count). The van der Waals surface area contributed by atoms with Gasteiger partial charge in [-0.3, -0.25) is 0 Å². The van der Waals surface area contributed by atoms with Gasteiger partial charge in [-0.15, -0.1) is 5.54 Å². The second-order valence-corrected chi connectivity index (χ2v) is 8.45. The van der Waals surface area contributed by atoms with Gasteiger partial charge in [-0.25, -0.2) is 0 Å². The fourth-order valence-electron chi connectivity index (χ4n) is 0.489. The predicted molar refractivity (Wildman–Crippen MR) is 56.5 cm³/mol. The third kappa shape index (κ3) is 4.95. The first-order chi connectivity index (χ1) is 5.37. The molecule has 0 aromatic rings. The van der Waals surface area contributed by atoms with E-state index in [2.05, 4.69) is 44.3 Å². The fraction of sp³-hybridized carbons (Fsp3) is 0.400. The highest BCUT2D eigenvalue weighted by Crippen LogP contribution is 2.01. The number of hydrogen-bond acceptors (Lipinski definition) is 1. The van der Waals surface area contributed by atoms with Gasteiger partial charge < -0.3 is 5.11 Å². The summed E-state index contributed by atoms with van der Waals surface area (Å²) in [6, 6.07) is 0. The molecule has 0 amide bonds. The molecule has 66 valence electrons. The summed E-state index contributed by atoms with van der Waals surface area (Å²) in [7, 11) is -1.38. The quantitative estimate of drug-likeness (QED) is 0.391. The van der Waals surface area contributed by atoms with Crippen molar-refractivity contribution in [2.24, 2.45) is 0 Å². The number of aliphatic hydroxyl groups excluding tert-OH is 1. The zero-order valence-corrected chi connectivity index (χ0v) is 9.02. The molecular weight excluding hydrogens is 164 g/mol. The van der Waals surface area contributed by atoms with Crippen LogP contribution in [0.25, 0.3) is 0 Å². The first-order valence-corrected chi connectivity index (χ1v) is 7.39. The van der Waals surface area contributed by atoms with Crippen molar-refractivity contribution in [1.82, 2.24) is 0 Å². The Balaban J connectivity index is 4.32. The maximum atomic E-state index is 9.36. The second kappa shape index (κ2) is 4.29. The van der Waals surface area contributed by atoms with Gasteiger partial charge in [-0.1, -0.05) is 44.8 Å². The Morgan fingerprint density at radius 2 is 2.00 bits per heavy atom.